The van der Waals surface area contributed by atoms with Crippen LogP contribution in [0.25, 0.3) is 0 Å². The molecule has 0 bridgehead atoms. The van der Waals surface area contributed by atoms with Crippen molar-refractivity contribution in [1.82, 2.24) is 15.5 Å². The van der Waals surface area contributed by atoms with Crippen LogP contribution in [0, 0.1) is 5.92 Å². The van der Waals surface area contributed by atoms with Crippen molar-refractivity contribution in [3.05, 3.63) is 0 Å². The van der Waals surface area contributed by atoms with Crippen molar-refractivity contribution in [3.8, 4) is 0 Å². The lowest BCUT2D eigenvalue weighted by molar-refractivity contribution is 0.00700. The molecule has 2 rings (SSSR count). The minimum Gasteiger partial charge on any atom is -0.444 e. The zero-order valence-corrected chi connectivity index (χ0v) is 18.2. The first-order valence-corrected chi connectivity index (χ1v) is 8.98. The molecule has 1 saturated heterocycles. The van der Waals surface area contributed by atoms with Gasteiger partial charge in [-0.15, -0.1) is 24.0 Å². The number of carbonyl (C=O) groups is 1. The van der Waals surface area contributed by atoms with Gasteiger partial charge in [-0.1, -0.05) is 0 Å². The number of hydrogen-bond acceptors (Lipinski definition) is 4. The summed E-state index contributed by atoms with van der Waals surface area (Å²) in [4.78, 5) is 18.1. The van der Waals surface area contributed by atoms with Crippen molar-refractivity contribution in [2.45, 2.75) is 52.2 Å². The quantitative estimate of drug-likeness (QED) is 0.260. The van der Waals surface area contributed by atoms with Crippen LogP contribution < -0.4 is 10.6 Å². The number of amides is 1. The topological polar surface area (TPSA) is 75.2 Å². The maximum Gasteiger partial charge on any atom is 0.410 e. The highest BCUT2D eigenvalue weighted by Crippen LogP contribution is 2.28. The number of aliphatic imine (C=N–C) groups is 1. The van der Waals surface area contributed by atoms with E-state index in [1.165, 1.54) is 12.8 Å². The maximum absolute atomic E-state index is 11.9. The first kappa shape index (κ1) is 22.3. The summed E-state index contributed by atoms with van der Waals surface area (Å²) in [6.07, 6.45) is 2.36. The Balaban J connectivity index is 0.00000312. The van der Waals surface area contributed by atoms with Gasteiger partial charge in [-0.25, -0.2) is 4.79 Å². The number of ether oxygens (including phenoxy) is 2. The van der Waals surface area contributed by atoms with Gasteiger partial charge in [0.1, 0.15) is 5.60 Å². The molecule has 0 aromatic rings. The van der Waals surface area contributed by atoms with Gasteiger partial charge < -0.3 is 25.0 Å². The molecule has 1 aliphatic heterocycles. The van der Waals surface area contributed by atoms with E-state index in [9.17, 15) is 4.79 Å². The molecule has 146 valence electrons. The fourth-order valence-electron chi connectivity index (χ4n) is 2.32. The number of rotatable bonds is 7. The summed E-state index contributed by atoms with van der Waals surface area (Å²) < 4.78 is 10.9. The van der Waals surface area contributed by atoms with Crippen molar-refractivity contribution < 1.29 is 14.3 Å². The van der Waals surface area contributed by atoms with Crippen LogP contribution in [0.4, 0.5) is 4.79 Å². The summed E-state index contributed by atoms with van der Waals surface area (Å²) in [6, 6.07) is 0.211. The van der Waals surface area contributed by atoms with Crippen molar-refractivity contribution in [3.63, 3.8) is 0 Å². The number of hydrogen-bond donors (Lipinski definition) is 2. The van der Waals surface area contributed by atoms with Crippen LogP contribution >= 0.6 is 24.0 Å². The van der Waals surface area contributed by atoms with Gasteiger partial charge in [-0.05, 0) is 46.5 Å². The van der Waals surface area contributed by atoms with Gasteiger partial charge in [-0.3, -0.25) is 4.99 Å². The molecule has 0 radical (unpaired) electrons. The summed E-state index contributed by atoms with van der Waals surface area (Å²) in [5, 5.41) is 6.57. The van der Waals surface area contributed by atoms with Gasteiger partial charge in [0, 0.05) is 26.2 Å². The molecule has 2 aliphatic rings. The van der Waals surface area contributed by atoms with Gasteiger partial charge in [0.05, 0.1) is 19.2 Å². The molecular formula is C17H33IN4O3. The summed E-state index contributed by atoms with van der Waals surface area (Å²) in [7, 11) is 0. The SMILES string of the molecule is CCNC(=NCCOCC1CC1)NC1CN(C(=O)OC(C)(C)C)C1.I. The second kappa shape index (κ2) is 10.4. The number of nitrogens with zero attached hydrogens (tertiary/aromatic N) is 2. The molecule has 1 aliphatic carbocycles. The highest BCUT2D eigenvalue weighted by molar-refractivity contribution is 14.0. The van der Waals surface area contributed by atoms with Crippen molar-refractivity contribution in [2.75, 3.05) is 39.4 Å². The van der Waals surface area contributed by atoms with Crippen molar-refractivity contribution in [1.29, 1.82) is 0 Å². The molecule has 2 fully saturated rings. The fourth-order valence-corrected chi connectivity index (χ4v) is 2.32. The van der Waals surface area contributed by atoms with Gasteiger partial charge in [-0.2, -0.15) is 0 Å². The Labute approximate surface area is 168 Å². The lowest BCUT2D eigenvalue weighted by Gasteiger charge is -2.40. The molecule has 0 unspecified atom stereocenters. The smallest absolute Gasteiger partial charge is 0.410 e. The van der Waals surface area contributed by atoms with E-state index >= 15 is 0 Å². The monoisotopic (exact) mass is 468 g/mol. The minimum atomic E-state index is -0.452. The van der Waals surface area contributed by atoms with Gasteiger partial charge in [0.25, 0.3) is 0 Å². The molecule has 0 aromatic heterocycles. The minimum absolute atomic E-state index is 0. The molecule has 0 aromatic carbocycles. The van der Waals surface area contributed by atoms with Gasteiger partial charge in [0.2, 0.25) is 0 Å². The molecule has 7 nitrogen and oxygen atoms in total. The molecule has 1 heterocycles. The van der Waals surface area contributed by atoms with E-state index in [-0.39, 0.29) is 36.1 Å². The van der Waals surface area contributed by atoms with E-state index < -0.39 is 5.60 Å². The van der Waals surface area contributed by atoms with E-state index in [0.717, 1.165) is 25.0 Å². The third kappa shape index (κ3) is 8.94. The molecule has 8 heteroatoms. The Bertz CT molecular complexity index is 444. The molecule has 2 N–H and O–H groups in total. The molecule has 1 saturated carbocycles. The number of nitrogens with one attached hydrogen (secondary N) is 2. The zero-order chi connectivity index (χ0) is 17.6. The molecule has 1 amide bonds. The van der Waals surface area contributed by atoms with Gasteiger partial charge >= 0.3 is 6.09 Å². The highest BCUT2D eigenvalue weighted by atomic mass is 127. The average Bonchev–Trinajstić information content (AvgIpc) is 3.23. The van der Waals surface area contributed by atoms with E-state index in [1.807, 2.05) is 27.7 Å². The predicted molar refractivity (Wildman–Crippen MR) is 110 cm³/mol. The second-order valence-electron chi connectivity index (χ2n) is 7.51. The van der Waals surface area contributed by atoms with Gasteiger partial charge in [0.15, 0.2) is 5.96 Å². The number of likely N-dealkylation sites (tertiary alicyclic amines) is 1. The summed E-state index contributed by atoms with van der Waals surface area (Å²) >= 11 is 0. The summed E-state index contributed by atoms with van der Waals surface area (Å²) in [5.41, 5.74) is -0.452. The number of halogens is 1. The third-order valence-corrected chi connectivity index (χ3v) is 3.77. The molecule has 25 heavy (non-hydrogen) atoms. The summed E-state index contributed by atoms with van der Waals surface area (Å²) in [6.45, 7) is 11.9. The Morgan fingerprint density at radius 2 is 1.96 bits per heavy atom. The van der Waals surface area contributed by atoms with Crippen LogP contribution in [0.15, 0.2) is 4.99 Å². The molecular weight excluding hydrogens is 435 g/mol. The Hall–Kier alpha value is -0.770. The number of carbonyl (C=O) groups excluding carboxylic acids is 1. The van der Waals surface area contributed by atoms with Crippen LogP contribution in [0.3, 0.4) is 0 Å². The zero-order valence-electron chi connectivity index (χ0n) is 15.8. The standard InChI is InChI=1S/C17H32N4O3.HI/c1-5-18-15(19-8-9-23-12-13-6-7-13)20-14-10-21(11-14)16(22)24-17(2,3)4;/h13-14H,5-12H2,1-4H3,(H2,18,19,20);1H. The Morgan fingerprint density at radius 3 is 2.52 bits per heavy atom. The number of guanidine groups is 1. The Kier molecular flexibility index (Phi) is 9.26. The van der Waals surface area contributed by atoms with Crippen molar-refractivity contribution >= 4 is 36.0 Å². The average molecular weight is 468 g/mol. The maximum atomic E-state index is 11.9. The Morgan fingerprint density at radius 1 is 1.28 bits per heavy atom. The fraction of sp³-hybridized carbons (Fsp3) is 0.882. The second-order valence-corrected chi connectivity index (χ2v) is 7.51. The van der Waals surface area contributed by atoms with Crippen LogP contribution in [0.1, 0.15) is 40.5 Å². The lowest BCUT2D eigenvalue weighted by atomic mass is 10.1. The third-order valence-electron chi connectivity index (χ3n) is 3.77. The first-order chi connectivity index (χ1) is 11.4. The van der Waals surface area contributed by atoms with Crippen LogP contribution in [-0.2, 0) is 9.47 Å². The van der Waals surface area contributed by atoms with Crippen LogP contribution in [-0.4, -0.2) is 68.0 Å². The molecule has 0 atom stereocenters. The first-order valence-electron chi connectivity index (χ1n) is 8.98. The highest BCUT2D eigenvalue weighted by Gasteiger charge is 2.34. The normalized spacial score (nSPS) is 18.2. The van der Waals surface area contributed by atoms with Crippen molar-refractivity contribution in [2.24, 2.45) is 10.9 Å². The van der Waals surface area contributed by atoms with E-state index in [4.69, 9.17) is 9.47 Å². The lowest BCUT2D eigenvalue weighted by Crippen LogP contribution is -2.63. The van der Waals surface area contributed by atoms with Crippen LogP contribution in [0.2, 0.25) is 0 Å². The summed E-state index contributed by atoms with van der Waals surface area (Å²) in [5.74, 6) is 1.57. The van der Waals surface area contributed by atoms with E-state index in [0.29, 0.717) is 26.2 Å². The largest absolute Gasteiger partial charge is 0.444 e. The predicted octanol–water partition coefficient (Wildman–Crippen LogP) is 2.21. The van der Waals surface area contributed by atoms with E-state index in [2.05, 4.69) is 15.6 Å². The molecule has 0 spiro atoms. The van der Waals surface area contributed by atoms with Crippen LogP contribution in [0.5, 0.6) is 0 Å². The van der Waals surface area contributed by atoms with E-state index in [1.54, 1.807) is 4.90 Å².